The van der Waals surface area contributed by atoms with Crippen LogP contribution in [0.2, 0.25) is 0 Å². The second-order valence-electron chi connectivity index (χ2n) is 2.61. The molecule has 0 spiro atoms. The molecule has 62 valence electrons. The van der Waals surface area contributed by atoms with Crippen LogP contribution < -0.4 is 5.32 Å². The molecule has 10 heavy (non-hydrogen) atoms. The molecule has 0 aromatic heterocycles. The van der Waals surface area contributed by atoms with Crippen molar-refractivity contribution in [1.29, 1.82) is 0 Å². The maximum absolute atomic E-state index is 11.2. The van der Waals surface area contributed by atoms with Gasteiger partial charge in [0.05, 0.1) is 0 Å². The molecule has 1 rings (SSSR count). The van der Waals surface area contributed by atoms with E-state index in [1.54, 1.807) is 0 Å². The van der Waals surface area contributed by atoms with E-state index < -0.39 is 10.8 Å². The smallest absolute Gasteiger partial charge is 0.0447 e. The Kier molecular flexibility index (Phi) is 4.49. The van der Waals surface area contributed by atoms with Gasteiger partial charge in [-0.05, 0) is 13.8 Å². The summed E-state index contributed by atoms with van der Waals surface area (Å²) in [4.78, 5) is 0. The molecule has 2 nitrogen and oxygen atoms in total. The summed E-state index contributed by atoms with van der Waals surface area (Å²) in [5.41, 5.74) is 0. The quantitative estimate of drug-likeness (QED) is 0.594. The van der Waals surface area contributed by atoms with Gasteiger partial charge >= 0.3 is 0 Å². The number of rotatable bonds is 0. The lowest BCUT2D eigenvalue weighted by Crippen LogP contribution is -2.43. The fourth-order valence-corrected chi connectivity index (χ4v) is 2.41. The summed E-state index contributed by atoms with van der Waals surface area (Å²) in [5, 5.41) is 3.90. The average Bonchev–Trinajstić information content (AvgIpc) is 1.83. The summed E-state index contributed by atoms with van der Waals surface area (Å²) >= 11 is 0. The molecule has 1 aliphatic heterocycles. The molecular weight excluding hydrogens is 170 g/mol. The lowest BCUT2D eigenvalue weighted by molar-refractivity contribution is 0.594. The van der Waals surface area contributed by atoms with Crippen LogP contribution in [0.3, 0.4) is 0 Å². The van der Waals surface area contributed by atoms with Crippen LogP contribution in [0.15, 0.2) is 0 Å². The Balaban J connectivity index is 0.000000810. The Hall–Kier alpha value is 0.400. The molecule has 1 fully saturated rings. The Morgan fingerprint density at radius 1 is 1.30 bits per heavy atom. The minimum absolute atomic E-state index is 0. The standard InChI is InChI=1S/C6H13NOS.ClH/c1-5-3-7-4-6(2)9(5)8;/h5-7H,3-4H2,1-2H3;1H. The third kappa shape index (κ3) is 2.22. The first-order chi connectivity index (χ1) is 4.22. The molecule has 0 aliphatic carbocycles. The molecule has 0 radical (unpaired) electrons. The SMILES string of the molecule is CC1CNCC(C)S1=O.Cl. The third-order valence-electron chi connectivity index (χ3n) is 1.66. The van der Waals surface area contributed by atoms with E-state index in [9.17, 15) is 4.21 Å². The van der Waals surface area contributed by atoms with Crippen LogP contribution >= 0.6 is 12.4 Å². The van der Waals surface area contributed by atoms with Gasteiger partial charge in [-0.3, -0.25) is 4.21 Å². The topological polar surface area (TPSA) is 29.1 Å². The van der Waals surface area contributed by atoms with E-state index in [1.807, 2.05) is 13.8 Å². The highest BCUT2D eigenvalue weighted by Gasteiger charge is 2.21. The predicted molar refractivity (Wildman–Crippen MR) is 47.2 cm³/mol. The second-order valence-corrected chi connectivity index (χ2v) is 4.87. The van der Waals surface area contributed by atoms with Gasteiger partial charge in [-0.25, -0.2) is 0 Å². The second kappa shape index (κ2) is 4.31. The van der Waals surface area contributed by atoms with Crippen molar-refractivity contribution < 1.29 is 4.21 Å². The number of nitrogens with one attached hydrogen (secondary N) is 1. The largest absolute Gasteiger partial charge is 0.314 e. The normalized spacial score (nSPS) is 40.4. The fraction of sp³-hybridized carbons (Fsp3) is 1.00. The first kappa shape index (κ1) is 10.4. The van der Waals surface area contributed by atoms with Crippen molar-refractivity contribution in [2.75, 3.05) is 13.1 Å². The minimum Gasteiger partial charge on any atom is -0.314 e. The van der Waals surface area contributed by atoms with Crippen LogP contribution in [0.1, 0.15) is 13.8 Å². The number of hydrogen-bond acceptors (Lipinski definition) is 2. The van der Waals surface area contributed by atoms with E-state index in [-0.39, 0.29) is 12.4 Å². The van der Waals surface area contributed by atoms with Crippen LogP contribution in [-0.4, -0.2) is 27.8 Å². The van der Waals surface area contributed by atoms with E-state index in [4.69, 9.17) is 0 Å². The zero-order valence-corrected chi connectivity index (χ0v) is 7.93. The highest BCUT2D eigenvalue weighted by atomic mass is 35.5. The maximum Gasteiger partial charge on any atom is 0.0447 e. The molecule has 2 atom stereocenters. The van der Waals surface area contributed by atoms with Crippen molar-refractivity contribution in [2.45, 2.75) is 24.3 Å². The fourth-order valence-electron chi connectivity index (χ4n) is 1.05. The molecule has 0 aromatic rings. The van der Waals surface area contributed by atoms with Gasteiger partial charge in [-0.2, -0.15) is 0 Å². The maximum atomic E-state index is 11.2. The van der Waals surface area contributed by atoms with Gasteiger partial charge < -0.3 is 5.32 Å². The van der Waals surface area contributed by atoms with Crippen LogP contribution in [0.4, 0.5) is 0 Å². The molecule has 0 bridgehead atoms. The zero-order chi connectivity index (χ0) is 6.85. The van der Waals surface area contributed by atoms with Crippen molar-refractivity contribution >= 4 is 23.2 Å². The summed E-state index contributed by atoms with van der Waals surface area (Å²) in [6.45, 7) is 5.88. The van der Waals surface area contributed by atoms with Crippen molar-refractivity contribution in [1.82, 2.24) is 5.32 Å². The van der Waals surface area contributed by atoms with Gasteiger partial charge in [0.2, 0.25) is 0 Å². The van der Waals surface area contributed by atoms with E-state index in [2.05, 4.69) is 5.32 Å². The Bertz CT molecular complexity index is 119. The van der Waals surface area contributed by atoms with Gasteiger partial charge in [-0.1, -0.05) is 0 Å². The van der Waals surface area contributed by atoms with Crippen molar-refractivity contribution in [3.63, 3.8) is 0 Å². The van der Waals surface area contributed by atoms with Crippen LogP contribution in [0, 0.1) is 0 Å². The lowest BCUT2D eigenvalue weighted by atomic mass is 10.4. The van der Waals surface area contributed by atoms with Crippen LogP contribution in [0.25, 0.3) is 0 Å². The molecule has 0 amide bonds. The van der Waals surface area contributed by atoms with Crippen molar-refractivity contribution in [3.8, 4) is 0 Å². The third-order valence-corrected chi connectivity index (χ3v) is 3.58. The summed E-state index contributed by atoms with van der Waals surface area (Å²) in [6.07, 6.45) is 0. The zero-order valence-electron chi connectivity index (χ0n) is 6.29. The monoisotopic (exact) mass is 183 g/mol. The minimum atomic E-state index is -0.592. The summed E-state index contributed by atoms with van der Waals surface area (Å²) in [7, 11) is -0.592. The van der Waals surface area contributed by atoms with E-state index >= 15 is 0 Å². The number of halogens is 1. The molecule has 4 heteroatoms. The molecule has 0 saturated carbocycles. The Morgan fingerprint density at radius 3 is 2.00 bits per heavy atom. The first-order valence-corrected chi connectivity index (χ1v) is 4.59. The Labute approximate surface area is 70.6 Å². The molecular formula is C6H14ClNOS. The van der Waals surface area contributed by atoms with Crippen molar-refractivity contribution in [3.05, 3.63) is 0 Å². The van der Waals surface area contributed by atoms with E-state index in [0.29, 0.717) is 10.5 Å². The van der Waals surface area contributed by atoms with Gasteiger partial charge in [0.1, 0.15) is 0 Å². The molecule has 1 aliphatic rings. The summed E-state index contributed by atoms with van der Waals surface area (Å²) in [6, 6.07) is 0. The van der Waals surface area contributed by atoms with Gasteiger partial charge in [-0.15, -0.1) is 12.4 Å². The van der Waals surface area contributed by atoms with Gasteiger partial charge in [0, 0.05) is 34.4 Å². The Morgan fingerprint density at radius 2 is 1.70 bits per heavy atom. The summed E-state index contributed by atoms with van der Waals surface area (Å²) in [5.74, 6) is 0. The lowest BCUT2D eigenvalue weighted by Gasteiger charge is -2.23. The molecule has 1 heterocycles. The predicted octanol–water partition coefficient (Wildman–Crippen LogP) is 0.537. The highest BCUT2D eigenvalue weighted by molar-refractivity contribution is 7.86. The van der Waals surface area contributed by atoms with Crippen LogP contribution in [0.5, 0.6) is 0 Å². The van der Waals surface area contributed by atoms with E-state index in [0.717, 1.165) is 13.1 Å². The van der Waals surface area contributed by atoms with Crippen molar-refractivity contribution in [2.24, 2.45) is 0 Å². The molecule has 0 aromatic carbocycles. The molecule has 2 unspecified atom stereocenters. The highest BCUT2D eigenvalue weighted by Crippen LogP contribution is 2.06. The summed E-state index contributed by atoms with van der Waals surface area (Å²) < 4.78 is 11.2. The van der Waals surface area contributed by atoms with Gasteiger partial charge in [0.25, 0.3) is 0 Å². The van der Waals surface area contributed by atoms with Gasteiger partial charge in [0.15, 0.2) is 0 Å². The molecule has 1 saturated heterocycles. The average molecular weight is 184 g/mol. The number of hydrogen-bond donors (Lipinski definition) is 1. The first-order valence-electron chi connectivity index (χ1n) is 3.32. The molecule has 1 N–H and O–H groups in total. The van der Waals surface area contributed by atoms with E-state index in [1.165, 1.54) is 0 Å². The van der Waals surface area contributed by atoms with Crippen LogP contribution in [-0.2, 0) is 10.8 Å².